The zero-order valence-electron chi connectivity index (χ0n) is 15.8. The van der Waals surface area contributed by atoms with E-state index in [4.69, 9.17) is 8.83 Å². The van der Waals surface area contributed by atoms with E-state index in [1.54, 1.807) is 18.4 Å². The standard InChI is InChI=1S/C21H24N4O3/c1-2-22-21(23-11-10-18-8-4-12-27-18)24-15-16-6-3-7-17(14-16)25-20(26)19-9-5-13-28-19/h3-9,12-14H,2,10-11,15H2,1H3,(H,25,26)(H2,22,23,24). The number of carbonyl (C=O) groups is 1. The highest BCUT2D eigenvalue weighted by Crippen LogP contribution is 2.13. The number of anilines is 1. The van der Waals surface area contributed by atoms with E-state index in [0.717, 1.165) is 36.8 Å². The fraction of sp³-hybridized carbons (Fsp3) is 0.238. The Balaban J connectivity index is 1.56. The minimum Gasteiger partial charge on any atom is -0.469 e. The molecular formula is C21H24N4O3. The maximum Gasteiger partial charge on any atom is 0.291 e. The van der Waals surface area contributed by atoms with Crippen LogP contribution in [0.1, 0.15) is 28.8 Å². The third-order valence-electron chi connectivity index (χ3n) is 3.94. The molecule has 0 aliphatic heterocycles. The van der Waals surface area contributed by atoms with Crippen LogP contribution in [0.25, 0.3) is 0 Å². The number of nitrogens with one attached hydrogen (secondary N) is 3. The van der Waals surface area contributed by atoms with Gasteiger partial charge in [-0.1, -0.05) is 12.1 Å². The Morgan fingerprint density at radius 1 is 1.04 bits per heavy atom. The molecule has 0 bridgehead atoms. The highest BCUT2D eigenvalue weighted by atomic mass is 16.3. The zero-order valence-corrected chi connectivity index (χ0v) is 15.8. The van der Waals surface area contributed by atoms with E-state index in [0.29, 0.717) is 12.2 Å². The molecule has 0 atom stereocenters. The lowest BCUT2D eigenvalue weighted by Crippen LogP contribution is -2.38. The Hall–Kier alpha value is -3.48. The van der Waals surface area contributed by atoms with Gasteiger partial charge < -0.3 is 24.8 Å². The summed E-state index contributed by atoms with van der Waals surface area (Å²) >= 11 is 0. The number of furan rings is 2. The average Bonchev–Trinajstić information content (AvgIpc) is 3.40. The molecule has 3 aromatic rings. The summed E-state index contributed by atoms with van der Waals surface area (Å²) in [5.74, 6) is 1.67. The second-order valence-corrected chi connectivity index (χ2v) is 6.08. The minimum atomic E-state index is -0.279. The van der Waals surface area contributed by atoms with Gasteiger partial charge in [-0.05, 0) is 48.9 Å². The van der Waals surface area contributed by atoms with Crippen molar-refractivity contribution in [3.63, 3.8) is 0 Å². The Morgan fingerprint density at radius 2 is 1.89 bits per heavy atom. The number of aliphatic imine (C=N–C) groups is 1. The fourth-order valence-corrected chi connectivity index (χ4v) is 2.62. The Labute approximate surface area is 163 Å². The summed E-state index contributed by atoms with van der Waals surface area (Å²) < 4.78 is 10.4. The molecule has 0 aliphatic carbocycles. The highest BCUT2D eigenvalue weighted by molar-refractivity contribution is 6.02. The van der Waals surface area contributed by atoms with Gasteiger partial charge in [0.05, 0.1) is 19.1 Å². The molecule has 2 heterocycles. The van der Waals surface area contributed by atoms with Crippen molar-refractivity contribution in [3.8, 4) is 0 Å². The Morgan fingerprint density at radius 3 is 2.64 bits per heavy atom. The maximum atomic E-state index is 12.1. The smallest absolute Gasteiger partial charge is 0.291 e. The van der Waals surface area contributed by atoms with Gasteiger partial charge in [-0.15, -0.1) is 0 Å². The van der Waals surface area contributed by atoms with E-state index >= 15 is 0 Å². The van der Waals surface area contributed by atoms with Crippen molar-refractivity contribution in [2.75, 3.05) is 18.4 Å². The molecule has 2 aromatic heterocycles. The monoisotopic (exact) mass is 380 g/mol. The predicted octanol–water partition coefficient (Wildman–Crippen LogP) is 3.42. The molecule has 0 radical (unpaired) electrons. The summed E-state index contributed by atoms with van der Waals surface area (Å²) in [6, 6.07) is 14.7. The van der Waals surface area contributed by atoms with E-state index in [-0.39, 0.29) is 11.7 Å². The molecule has 1 aromatic carbocycles. The number of hydrogen-bond acceptors (Lipinski definition) is 4. The van der Waals surface area contributed by atoms with Gasteiger partial charge in [0.1, 0.15) is 5.76 Å². The first-order valence-corrected chi connectivity index (χ1v) is 9.23. The largest absolute Gasteiger partial charge is 0.469 e. The molecule has 0 saturated carbocycles. The lowest BCUT2D eigenvalue weighted by molar-refractivity contribution is 0.0996. The Kier molecular flexibility index (Phi) is 6.89. The van der Waals surface area contributed by atoms with Crippen LogP contribution >= 0.6 is 0 Å². The van der Waals surface area contributed by atoms with Crippen LogP contribution in [0.2, 0.25) is 0 Å². The van der Waals surface area contributed by atoms with Crippen LogP contribution in [-0.4, -0.2) is 25.0 Å². The van der Waals surface area contributed by atoms with Gasteiger partial charge >= 0.3 is 0 Å². The fourth-order valence-electron chi connectivity index (χ4n) is 2.62. The summed E-state index contributed by atoms with van der Waals surface area (Å²) in [5.41, 5.74) is 1.69. The second-order valence-electron chi connectivity index (χ2n) is 6.08. The van der Waals surface area contributed by atoms with E-state index in [2.05, 4.69) is 20.9 Å². The molecule has 3 rings (SSSR count). The molecule has 3 N–H and O–H groups in total. The number of carbonyl (C=O) groups excluding carboxylic acids is 1. The van der Waals surface area contributed by atoms with Crippen molar-refractivity contribution in [3.05, 3.63) is 78.1 Å². The second kappa shape index (κ2) is 10.0. The third kappa shape index (κ3) is 5.77. The SMILES string of the molecule is CCNC(=NCc1cccc(NC(=O)c2ccco2)c1)NCCc1ccco1. The molecule has 0 saturated heterocycles. The number of hydrogen-bond donors (Lipinski definition) is 3. The van der Waals surface area contributed by atoms with Gasteiger partial charge in [-0.2, -0.15) is 0 Å². The van der Waals surface area contributed by atoms with Crippen LogP contribution in [0, 0.1) is 0 Å². The maximum absolute atomic E-state index is 12.1. The number of rotatable bonds is 8. The molecule has 0 unspecified atom stereocenters. The summed E-state index contributed by atoms with van der Waals surface area (Å²) in [6.07, 6.45) is 3.93. The molecule has 0 spiro atoms. The van der Waals surface area contributed by atoms with E-state index < -0.39 is 0 Å². The van der Waals surface area contributed by atoms with Crippen LogP contribution in [-0.2, 0) is 13.0 Å². The first kappa shape index (κ1) is 19.3. The third-order valence-corrected chi connectivity index (χ3v) is 3.94. The number of guanidine groups is 1. The molecule has 7 nitrogen and oxygen atoms in total. The topological polar surface area (TPSA) is 91.8 Å². The number of amides is 1. The Bertz CT molecular complexity index is 886. The van der Waals surface area contributed by atoms with Gasteiger partial charge in [0, 0.05) is 25.2 Å². The lowest BCUT2D eigenvalue weighted by Gasteiger charge is -2.11. The predicted molar refractivity (Wildman–Crippen MR) is 108 cm³/mol. The van der Waals surface area contributed by atoms with Gasteiger partial charge in [0.2, 0.25) is 0 Å². The van der Waals surface area contributed by atoms with Gasteiger partial charge in [-0.3, -0.25) is 4.79 Å². The molecule has 1 amide bonds. The van der Waals surface area contributed by atoms with Gasteiger partial charge in [-0.25, -0.2) is 4.99 Å². The number of nitrogens with zero attached hydrogens (tertiary/aromatic N) is 1. The van der Waals surface area contributed by atoms with Crippen LogP contribution < -0.4 is 16.0 Å². The van der Waals surface area contributed by atoms with E-state index in [1.165, 1.54) is 6.26 Å². The molecule has 7 heteroatoms. The van der Waals surface area contributed by atoms with Crippen molar-refractivity contribution in [1.82, 2.24) is 10.6 Å². The summed E-state index contributed by atoms with van der Waals surface area (Å²) in [5, 5.41) is 9.34. The quantitative estimate of drug-likeness (QED) is 0.411. The van der Waals surface area contributed by atoms with E-state index in [9.17, 15) is 4.79 Å². The van der Waals surface area contributed by atoms with Crippen molar-refractivity contribution >= 4 is 17.6 Å². The molecule has 28 heavy (non-hydrogen) atoms. The molecular weight excluding hydrogens is 356 g/mol. The van der Waals surface area contributed by atoms with Crippen molar-refractivity contribution < 1.29 is 13.6 Å². The molecule has 0 aliphatic rings. The molecule has 146 valence electrons. The first-order valence-electron chi connectivity index (χ1n) is 9.23. The average molecular weight is 380 g/mol. The van der Waals surface area contributed by atoms with Crippen molar-refractivity contribution in [2.24, 2.45) is 4.99 Å². The first-order chi connectivity index (χ1) is 13.7. The van der Waals surface area contributed by atoms with Crippen LogP contribution in [0.15, 0.2) is 74.9 Å². The lowest BCUT2D eigenvalue weighted by atomic mass is 10.2. The van der Waals surface area contributed by atoms with Gasteiger partial charge in [0.15, 0.2) is 11.7 Å². The van der Waals surface area contributed by atoms with Crippen LogP contribution in [0.4, 0.5) is 5.69 Å². The van der Waals surface area contributed by atoms with Crippen LogP contribution in [0.5, 0.6) is 0 Å². The molecule has 0 fully saturated rings. The summed E-state index contributed by atoms with van der Waals surface area (Å²) in [4.78, 5) is 16.7. The normalized spacial score (nSPS) is 11.2. The number of benzene rings is 1. The van der Waals surface area contributed by atoms with Gasteiger partial charge in [0.25, 0.3) is 5.91 Å². The van der Waals surface area contributed by atoms with E-state index in [1.807, 2.05) is 43.3 Å². The zero-order chi connectivity index (χ0) is 19.6. The van der Waals surface area contributed by atoms with Crippen molar-refractivity contribution in [1.29, 1.82) is 0 Å². The minimum absolute atomic E-state index is 0.276. The highest BCUT2D eigenvalue weighted by Gasteiger charge is 2.08. The van der Waals surface area contributed by atoms with Crippen molar-refractivity contribution in [2.45, 2.75) is 19.9 Å². The van der Waals surface area contributed by atoms with Crippen LogP contribution in [0.3, 0.4) is 0 Å². The summed E-state index contributed by atoms with van der Waals surface area (Å²) in [7, 11) is 0. The summed E-state index contributed by atoms with van der Waals surface area (Å²) in [6.45, 7) is 4.00.